The van der Waals surface area contributed by atoms with E-state index in [0.717, 1.165) is 12.8 Å². The van der Waals surface area contributed by atoms with Gasteiger partial charge in [-0.05, 0) is 37.1 Å². The van der Waals surface area contributed by atoms with Gasteiger partial charge in [-0.2, -0.15) is 4.31 Å². The lowest BCUT2D eigenvalue weighted by Crippen LogP contribution is -2.27. The van der Waals surface area contributed by atoms with Crippen LogP contribution in [0.25, 0.3) is 0 Å². The molecule has 3 rings (SSSR count). The van der Waals surface area contributed by atoms with Gasteiger partial charge in [0.2, 0.25) is 10.0 Å². The SMILES string of the molecule is O=C(CCC(=O)c1ccccc1)OCC(=O)c1ccc(S(=O)(=O)N2CCCC2)cc1. The van der Waals surface area contributed by atoms with Crippen LogP contribution in [0.2, 0.25) is 0 Å². The topological polar surface area (TPSA) is 97.8 Å². The second kappa shape index (κ2) is 9.77. The van der Waals surface area contributed by atoms with E-state index in [2.05, 4.69) is 0 Å². The van der Waals surface area contributed by atoms with E-state index in [1.54, 1.807) is 30.3 Å². The van der Waals surface area contributed by atoms with E-state index < -0.39 is 28.4 Å². The summed E-state index contributed by atoms with van der Waals surface area (Å²) in [4.78, 5) is 36.2. The normalized spacial score (nSPS) is 14.4. The highest BCUT2D eigenvalue weighted by Crippen LogP contribution is 2.21. The number of ether oxygens (including phenoxy) is 1. The molecule has 1 heterocycles. The first kappa shape index (κ1) is 21.9. The highest BCUT2D eigenvalue weighted by Gasteiger charge is 2.27. The van der Waals surface area contributed by atoms with Crippen LogP contribution in [0.1, 0.15) is 46.4 Å². The van der Waals surface area contributed by atoms with Gasteiger partial charge in [0.25, 0.3) is 0 Å². The van der Waals surface area contributed by atoms with Gasteiger partial charge in [0.1, 0.15) is 0 Å². The van der Waals surface area contributed by atoms with Crippen LogP contribution in [0.5, 0.6) is 0 Å². The number of carbonyl (C=O) groups excluding carboxylic acids is 3. The van der Waals surface area contributed by atoms with Crippen LogP contribution in [-0.2, 0) is 19.6 Å². The monoisotopic (exact) mass is 429 g/mol. The quantitative estimate of drug-likeness (QED) is 0.449. The van der Waals surface area contributed by atoms with E-state index in [1.165, 1.54) is 28.6 Å². The Balaban J connectivity index is 1.48. The lowest BCUT2D eigenvalue weighted by atomic mass is 10.1. The fourth-order valence-electron chi connectivity index (χ4n) is 3.18. The molecule has 0 unspecified atom stereocenters. The molecule has 158 valence electrons. The second-order valence-electron chi connectivity index (χ2n) is 7.01. The molecule has 0 N–H and O–H groups in total. The number of esters is 1. The van der Waals surface area contributed by atoms with Crippen LogP contribution in [-0.4, -0.2) is 50.0 Å². The first-order valence-electron chi connectivity index (χ1n) is 9.75. The van der Waals surface area contributed by atoms with Crippen molar-refractivity contribution in [3.63, 3.8) is 0 Å². The van der Waals surface area contributed by atoms with Crippen molar-refractivity contribution in [3.8, 4) is 0 Å². The van der Waals surface area contributed by atoms with E-state index in [-0.39, 0.29) is 29.1 Å². The lowest BCUT2D eigenvalue weighted by molar-refractivity contribution is -0.142. The van der Waals surface area contributed by atoms with E-state index in [4.69, 9.17) is 4.74 Å². The molecule has 7 nitrogen and oxygen atoms in total. The van der Waals surface area contributed by atoms with Crippen molar-refractivity contribution in [1.82, 2.24) is 4.31 Å². The Bertz CT molecular complexity index is 1010. The summed E-state index contributed by atoms with van der Waals surface area (Å²) < 4.78 is 31.4. The molecule has 0 spiro atoms. The van der Waals surface area contributed by atoms with Gasteiger partial charge in [0.15, 0.2) is 18.2 Å². The Morgan fingerprint density at radius 2 is 1.40 bits per heavy atom. The molecule has 2 aromatic carbocycles. The minimum atomic E-state index is -3.54. The molecule has 0 atom stereocenters. The van der Waals surface area contributed by atoms with Gasteiger partial charge < -0.3 is 4.74 Å². The number of sulfonamides is 1. The number of Topliss-reactive ketones (excluding diaryl/α,β-unsaturated/α-hetero) is 2. The van der Waals surface area contributed by atoms with Crippen molar-refractivity contribution >= 4 is 27.6 Å². The van der Waals surface area contributed by atoms with Gasteiger partial charge in [0.05, 0.1) is 11.3 Å². The van der Waals surface area contributed by atoms with Gasteiger partial charge in [-0.1, -0.05) is 30.3 Å². The van der Waals surface area contributed by atoms with E-state index in [0.29, 0.717) is 18.7 Å². The number of benzene rings is 2. The van der Waals surface area contributed by atoms with Crippen molar-refractivity contribution in [2.75, 3.05) is 19.7 Å². The third kappa shape index (κ3) is 5.40. The maximum atomic E-state index is 12.5. The summed E-state index contributed by atoms with van der Waals surface area (Å²) in [6.45, 7) is 0.550. The van der Waals surface area contributed by atoms with Crippen LogP contribution in [0.15, 0.2) is 59.5 Å². The molecule has 1 aliphatic rings. The lowest BCUT2D eigenvalue weighted by Gasteiger charge is -2.15. The maximum absolute atomic E-state index is 12.5. The van der Waals surface area contributed by atoms with E-state index in [1.807, 2.05) is 0 Å². The first-order valence-corrected chi connectivity index (χ1v) is 11.2. The minimum Gasteiger partial charge on any atom is -0.457 e. The fraction of sp³-hybridized carbons (Fsp3) is 0.318. The average molecular weight is 429 g/mol. The van der Waals surface area contributed by atoms with Gasteiger partial charge >= 0.3 is 5.97 Å². The van der Waals surface area contributed by atoms with Crippen LogP contribution in [0.3, 0.4) is 0 Å². The summed E-state index contributed by atoms with van der Waals surface area (Å²) >= 11 is 0. The number of rotatable bonds is 9. The Kier molecular flexibility index (Phi) is 7.12. The molecule has 1 fully saturated rings. The minimum absolute atomic E-state index is 0.0000929. The molecular weight excluding hydrogens is 406 g/mol. The van der Waals surface area contributed by atoms with Crippen LogP contribution >= 0.6 is 0 Å². The van der Waals surface area contributed by atoms with Crippen molar-refractivity contribution in [2.45, 2.75) is 30.6 Å². The van der Waals surface area contributed by atoms with Crippen molar-refractivity contribution in [3.05, 3.63) is 65.7 Å². The zero-order valence-corrected chi connectivity index (χ0v) is 17.3. The van der Waals surface area contributed by atoms with Gasteiger partial charge in [-0.3, -0.25) is 14.4 Å². The predicted octanol–water partition coefficient (Wildman–Crippen LogP) is 2.86. The summed E-state index contributed by atoms with van der Waals surface area (Å²) in [6.07, 6.45) is 1.57. The second-order valence-corrected chi connectivity index (χ2v) is 8.95. The molecule has 0 amide bonds. The predicted molar refractivity (Wildman–Crippen MR) is 110 cm³/mol. The highest BCUT2D eigenvalue weighted by atomic mass is 32.2. The van der Waals surface area contributed by atoms with Crippen LogP contribution in [0, 0.1) is 0 Å². The first-order chi connectivity index (χ1) is 14.4. The highest BCUT2D eigenvalue weighted by molar-refractivity contribution is 7.89. The molecule has 0 aromatic heterocycles. The fourth-order valence-corrected chi connectivity index (χ4v) is 4.69. The smallest absolute Gasteiger partial charge is 0.306 e. The Hall–Kier alpha value is -2.84. The summed E-state index contributed by atoms with van der Waals surface area (Å²) in [7, 11) is -3.54. The van der Waals surface area contributed by atoms with E-state index >= 15 is 0 Å². The van der Waals surface area contributed by atoms with Crippen LogP contribution in [0.4, 0.5) is 0 Å². The molecule has 0 radical (unpaired) electrons. The van der Waals surface area contributed by atoms with Gasteiger partial charge in [0, 0.05) is 30.6 Å². The molecule has 0 aliphatic carbocycles. The molecule has 8 heteroatoms. The molecule has 30 heavy (non-hydrogen) atoms. The molecule has 1 saturated heterocycles. The molecule has 1 aliphatic heterocycles. The average Bonchev–Trinajstić information content (AvgIpc) is 3.32. The number of carbonyl (C=O) groups is 3. The standard InChI is InChI=1S/C22H23NO6S/c24-20(17-6-2-1-3-7-17)12-13-22(26)29-16-21(25)18-8-10-19(11-9-18)30(27,28)23-14-4-5-15-23/h1-3,6-11H,4-5,12-16H2. The third-order valence-corrected chi connectivity index (χ3v) is 6.81. The molecular formula is C22H23NO6S. The van der Waals surface area contributed by atoms with Gasteiger partial charge in [-0.25, -0.2) is 8.42 Å². The molecule has 0 bridgehead atoms. The number of hydrogen-bond acceptors (Lipinski definition) is 6. The largest absolute Gasteiger partial charge is 0.457 e. The number of nitrogens with zero attached hydrogens (tertiary/aromatic N) is 1. The summed E-state index contributed by atoms with van der Waals surface area (Å²) in [6, 6.07) is 14.2. The summed E-state index contributed by atoms with van der Waals surface area (Å²) in [5.74, 6) is -1.25. The zero-order valence-electron chi connectivity index (χ0n) is 16.5. The van der Waals surface area contributed by atoms with Crippen molar-refractivity contribution in [1.29, 1.82) is 0 Å². The zero-order chi connectivity index (χ0) is 21.6. The maximum Gasteiger partial charge on any atom is 0.306 e. The van der Waals surface area contributed by atoms with Crippen LogP contribution < -0.4 is 0 Å². The Morgan fingerprint density at radius 1 is 0.800 bits per heavy atom. The third-order valence-electron chi connectivity index (χ3n) is 4.90. The Labute approximate surface area is 175 Å². The van der Waals surface area contributed by atoms with Crippen molar-refractivity contribution < 1.29 is 27.5 Å². The number of ketones is 2. The molecule has 0 saturated carbocycles. The summed E-state index contributed by atoms with van der Waals surface area (Å²) in [5, 5.41) is 0. The Morgan fingerprint density at radius 3 is 2.03 bits per heavy atom. The van der Waals surface area contributed by atoms with Crippen molar-refractivity contribution in [2.24, 2.45) is 0 Å². The summed E-state index contributed by atoms with van der Waals surface area (Å²) in [5.41, 5.74) is 0.772. The van der Waals surface area contributed by atoms with Gasteiger partial charge in [-0.15, -0.1) is 0 Å². The molecule has 2 aromatic rings. The number of hydrogen-bond donors (Lipinski definition) is 0. The van der Waals surface area contributed by atoms with E-state index in [9.17, 15) is 22.8 Å².